The van der Waals surface area contributed by atoms with Crippen LogP contribution in [0.4, 0.5) is 4.39 Å². The van der Waals surface area contributed by atoms with Crippen molar-refractivity contribution in [2.75, 3.05) is 33.9 Å². The molecule has 0 saturated carbocycles. The summed E-state index contributed by atoms with van der Waals surface area (Å²) in [5.74, 6) is -0.0394. The van der Waals surface area contributed by atoms with E-state index in [4.69, 9.17) is 4.74 Å². The van der Waals surface area contributed by atoms with Crippen molar-refractivity contribution in [2.45, 2.75) is 6.92 Å². The Kier molecular flexibility index (Phi) is 2.85. The van der Waals surface area contributed by atoms with Crippen LogP contribution in [0.5, 0.6) is 0 Å². The molecule has 1 rings (SSSR count). The fourth-order valence-corrected chi connectivity index (χ4v) is 1.65. The molecule has 0 amide bonds. The van der Waals surface area contributed by atoms with Crippen molar-refractivity contribution >= 4 is 0 Å². The van der Waals surface area contributed by atoms with Crippen molar-refractivity contribution in [1.29, 1.82) is 0 Å². The first-order chi connectivity index (χ1) is 5.58. The third-order valence-electron chi connectivity index (χ3n) is 2.24. The normalized spacial score (nSPS) is 31.8. The van der Waals surface area contributed by atoms with Crippen molar-refractivity contribution in [3.8, 4) is 0 Å². The molecular formula is C9H16FNO. The van der Waals surface area contributed by atoms with E-state index in [0.29, 0.717) is 13.2 Å². The monoisotopic (exact) mass is 173 g/mol. The van der Waals surface area contributed by atoms with Crippen LogP contribution in [0.25, 0.3) is 0 Å². The van der Waals surface area contributed by atoms with Crippen LogP contribution in [-0.4, -0.2) is 38.8 Å². The van der Waals surface area contributed by atoms with E-state index in [1.54, 1.807) is 13.2 Å². The summed E-state index contributed by atoms with van der Waals surface area (Å²) in [6.45, 7) is 3.76. The fourth-order valence-electron chi connectivity index (χ4n) is 1.65. The van der Waals surface area contributed by atoms with E-state index in [0.717, 1.165) is 6.54 Å². The third kappa shape index (κ3) is 1.84. The molecule has 0 aromatic heterocycles. The molecule has 0 aliphatic carbocycles. The number of likely N-dealkylation sites (N-methyl/N-ethyl adjacent to an activating group) is 1. The van der Waals surface area contributed by atoms with Gasteiger partial charge in [-0.05, 0) is 20.0 Å². The SMILES string of the molecule is COC[C@]1(C)CN(C)CC=C1F. The Morgan fingerprint density at radius 2 is 2.42 bits per heavy atom. The van der Waals surface area contributed by atoms with Crippen LogP contribution >= 0.6 is 0 Å². The third-order valence-corrected chi connectivity index (χ3v) is 2.24. The number of hydrogen-bond donors (Lipinski definition) is 0. The van der Waals surface area contributed by atoms with Gasteiger partial charge in [-0.3, -0.25) is 0 Å². The van der Waals surface area contributed by atoms with Gasteiger partial charge in [0.2, 0.25) is 0 Å². The van der Waals surface area contributed by atoms with Crippen molar-refractivity contribution in [3.05, 3.63) is 11.9 Å². The average molecular weight is 173 g/mol. The van der Waals surface area contributed by atoms with Gasteiger partial charge in [0, 0.05) is 20.2 Å². The van der Waals surface area contributed by atoms with Gasteiger partial charge >= 0.3 is 0 Å². The molecule has 1 aliphatic heterocycles. The zero-order chi connectivity index (χ0) is 9.19. The predicted octanol–water partition coefficient (Wildman–Crippen LogP) is 1.44. The quantitative estimate of drug-likeness (QED) is 0.626. The van der Waals surface area contributed by atoms with E-state index >= 15 is 0 Å². The first-order valence-corrected chi connectivity index (χ1v) is 4.12. The maximum Gasteiger partial charge on any atom is 0.107 e. The molecule has 0 saturated heterocycles. The summed E-state index contributed by atoms with van der Waals surface area (Å²) in [4.78, 5) is 2.09. The van der Waals surface area contributed by atoms with Gasteiger partial charge < -0.3 is 9.64 Å². The Morgan fingerprint density at radius 1 is 1.75 bits per heavy atom. The molecule has 0 radical (unpaired) electrons. The summed E-state index contributed by atoms with van der Waals surface area (Å²) in [7, 11) is 3.59. The molecule has 0 fully saturated rings. The van der Waals surface area contributed by atoms with E-state index in [1.807, 2.05) is 14.0 Å². The molecule has 0 bridgehead atoms. The highest BCUT2D eigenvalue weighted by atomic mass is 19.1. The zero-order valence-electron chi connectivity index (χ0n) is 7.93. The number of hydrogen-bond acceptors (Lipinski definition) is 2. The van der Waals surface area contributed by atoms with Gasteiger partial charge in [-0.2, -0.15) is 0 Å². The molecule has 1 heterocycles. The number of rotatable bonds is 2. The molecule has 70 valence electrons. The summed E-state index contributed by atoms with van der Waals surface area (Å²) < 4.78 is 18.3. The lowest BCUT2D eigenvalue weighted by Gasteiger charge is -2.35. The fraction of sp³-hybridized carbons (Fsp3) is 0.778. The molecule has 0 spiro atoms. The minimum absolute atomic E-state index is 0.0394. The lowest BCUT2D eigenvalue weighted by atomic mass is 9.87. The number of halogens is 1. The van der Waals surface area contributed by atoms with Crippen molar-refractivity contribution in [3.63, 3.8) is 0 Å². The van der Waals surface area contributed by atoms with Crippen LogP contribution in [0, 0.1) is 5.41 Å². The molecule has 1 aliphatic rings. The number of nitrogens with zero attached hydrogens (tertiary/aromatic N) is 1. The van der Waals surface area contributed by atoms with E-state index in [-0.39, 0.29) is 5.83 Å². The van der Waals surface area contributed by atoms with Gasteiger partial charge in [-0.15, -0.1) is 0 Å². The molecule has 3 heteroatoms. The summed E-state index contributed by atoms with van der Waals surface area (Å²) >= 11 is 0. The van der Waals surface area contributed by atoms with E-state index in [1.165, 1.54) is 0 Å². The second-order valence-corrected chi connectivity index (χ2v) is 3.74. The van der Waals surface area contributed by atoms with Crippen LogP contribution in [0.1, 0.15) is 6.92 Å². The van der Waals surface area contributed by atoms with Gasteiger partial charge in [0.15, 0.2) is 0 Å². The maximum atomic E-state index is 13.3. The van der Waals surface area contributed by atoms with Crippen LogP contribution in [0.15, 0.2) is 11.9 Å². The smallest absolute Gasteiger partial charge is 0.107 e. The van der Waals surface area contributed by atoms with Gasteiger partial charge in [-0.25, -0.2) is 4.39 Å². The molecule has 0 unspecified atom stereocenters. The highest BCUT2D eigenvalue weighted by molar-refractivity contribution is 5.11. The van der Waals surface area contributed by atoms with Crippen molar-refractivity contribution < 1.29 is 9.13 Å². The molecule has 0 N–H and O–H groups in total. The van der Waals surface area contributed by atoms with Gasteiger partial charge in [0.1, 0.15) is 5.83 Å². The highest BCUT2D eigenvalue weighted by Crippen LogP contribution is 2.31. The highest BCUT2D eigenvalue weighted by Gasteiger charge is 2.33. The van der Waals surface area contributed by atoms with Crippen molar-refractivity contribution in [1.82, 2.24) is 4.90 Å². The summed E-state index contributed by atoms with van der Waals surface area (Å²) in [5, 5.41) is 0. The predicted molar refractivity (Wildman–Crippen MR) is 46.7 cm³/mol. The van der Waals surface area contributed by atoms with Crippen molar-refractivity contribution in [2.24, 2.45) is 5.41 Å². The molecule has 12 heavy (non-hydrogen) atoms. The Hall–Kier alpha value is -0.410. The zero-order valence-corrected chi connectivity index (χ0v) is 7.93. The summed E-state index contributed by atoms with van der Waals surface area (Å²) in [6.07, 6.45) is 1.63. The standard InChI is InChI=1S/C9H16FNO/c1-9(7-12-3)6-11(2)5-4-8(9)10/h4H,5-7H2,1-3H3/t9-/m0/s1. The Morgan fingerprint density at radius 3 is 3.00 bits per heavy atom. The van der Waals surface area contributed by atoms with Crippen LogP contribution in [-0.2, 0) is 4.74 Å². The minimum Gasteiger partial charge on any atom is -0.384 e. The number of ether oxygens (including phenoxy) is 1. The Bertz CT molecular complexity index is 193. The molecule has 0 aromatic carbocycles. The first kappa shape index (κ1) is 9.68. The van der Waals surface area contributed by atoms with Crippen LogP contribution in [0.2, 0.25) is 0 Å². The molecular weight excluding hydrogens is 157 g/mol. The maximum absolute atomic E-state index is 13.3. The van der Waals surface area contributed by atoms with E-state index < -0.39 is 5.41 Å². The molecule has 2 nitrogen and oxygen atoms in total. The second-order valence-electron chi connectivity index (χ2n) is 3.74. The first-order valence-electron chi connectivity index (χ1n) is 4.12. The summed E-state index contributed by atoms with van der Waals surface area (Å²) in [6, 6.07) is 0. The van der Waals surface area contributed by atoms with Gasteiger partial charge in [0.05, 0.1) is 12.0 Å². The Labute approximate surface area is 73.0 Å². The lowest BCUT2D eigenvalue weighted by molar-refractivity contribution is 0.0675. The molecule has 1 atom stereocenters. The molecule has 0 aromatic rings. The lowest BCUT2D eigenvalue weighted by Crippen LogP contribution is -2.41. The van der Waals surface area contributed by atoms with Crippen LogP contribution in [0.3, 0.4) is 0 Å². The van der Waals surface area contributed by atoms with Gasteiger partial charge in [0.25, 0.3) is 0 Å². The number of methoxy groups -OCH3 is 1. The average Bonchev–Trinajstić information content (AvgIpc) is 1.98. The van der Waals surface area contributed by atoms with Crippen LogP contribution < -0.4 is 0 Å². The van der Waals surface area contributed by atoms with Gasteiger partial charge in [-0.1, -0.05) is 0 Å². The minimum atomic E-state index is -0.443. The topological polar surface area (TPSA) is 12.5 Å². The second kappa shape index (κ2) is 3.54. The van der Waals surface area contributed by atoms with E-state index in [9.17, 15) is 4.39 Å². The largest absolute Gasteiger partial charge is 0.384 e. The Balaban J connectivity index is 2.73. The summed E-state index contributed by atoms with van der Waals surface area (Å²) in [5.41, 5.74) is -0.443. The van der Waals surface area contributed by atoms with E-state index in [2.05, 4.69) is 4.90 Å².